The van der Waals surface area contributed by atoms with Crippen molar-refractivity contribution in [3.8, 4) is 0 Å². The lowest BCUT2D eigenvalue weighted by Crippen LogP contribution is -2.19. The second kappa shape index (κ2) is 6.91. The van der Waals surface area contributed by atoms with E-state index in [2.05, 4.69) is 10.5 Å². The number of aromatic nitrogens is 1. The van der Waals surface area contributed by atoms with Crippen LogP contribution in [0.2, 0.25) is 0 Å². The van der Waals surface area contributed by atoms with Crippen molar-refractivity contribution in [3.63, 3.8) is 0 Å². The Morgan fingerprint density at radius 3 is 2.61 bits per heavy atom. The molecular weight excluding hydrogens is 323 g/mol. The predicted octanol–water partition coefficient (Wildman–Crippen LogP) is 2.37. The summed E-state index contributed by atoms with van der Waals surface area (Å²) in [5, 5.41) is 6.06. The van der Waals surface area contributed by atoms with Crippen molar-refractivity contribution in [2.75, 3.05) is 11.1 Å². The topological polar surface area (TPSA) is 89.3 Å². The molecule has 6 nitrogen and oxygen atoms in total. The molecule has 0 saturated heterocycles. The van der Waals surface area contributed by atoms with Crippen LogP contribution >= 0.6 is 0 Å². The first kappa shape index (κ1) is 17.1. The van der Waals surface area contributed by atoms with Gasteiger partial charge in [0.2, 0.25) is 5.91 Å². The number of aryl methyl sites for hydroxylation is 2. The molecule has 2 aromatic rings. The first-order chi connectivity index (χ1) is 10.8. The van der Waals surface area contributed by atoms with Crippen LogP contribution in [0.5, 0.6) is 0 Å². The SMILES string of the molecule is Cc1noc(C)c1CS(=O)(=O)CCC(=O)Nc1ccccc1F. The lowest BCUT2D eigenvalue weighted by molar-refractivity contribution is -0.115. The highest BCUT2D eigenvalue weighted by molar-refractivity contribution is 7.90. The van der Waals surface area contributed by atoms with Crippen LogP contribution in [0.4, 0.5) is 10.1 Å². The van der Waals surface area contributed by atoms with Gasteiger partial charge in [0, 0.05) is 12.0 Å². The van der Waals surface area contributed by atoms with Gasteiger partial charge in [-0.1, -0.05) is 17.3 Å². The Kier molecular flexibility index (Phi) is 5.15. The normalized spacial score (nSPS) is 11.4. The van der Waals surface area contributed by atoms with Gasteiger partial charge in [0.15, 0.2) is 9.84 Å². The number of halogens is 1. The standard InChI is InChI=1S/C15H17FN2O4S/c1-10-12(11(2)22-18-10)9-23(20,21)8-7-15(19)17-14-6-4-3-5-13(14)16/h3-6H,7-9H2,1-2H3,(H,17,19). The molecule has 1 amide bonds. The van der Waals surface area contributed by atoms with Crippen LogP contribution in [-0.2, 0) is 20.4 Å². The Morgan fingerprint density at radius 1 is 1.30 bits per heavy atom. The number of sulfone groups is 1. The van der Waals surface area contributed by atoms with E-state index in [-0.39, 0.29) is 23.6 Å². The monoisotopic (exact) mass is 340 g/mol. The number of para-hydroxylation sites is 1. The molecule has 0 fully saturated rings. The van der Waals surface area contributed by atoms with Gasteiger partial charge in [0.25, 0.3) is 0 Å². The van der Waals surface area contributed by atoms with Crippen LogP contribution < -0.4 is 5.32 Å². The van der Waals surface area contributed by atoms with E-state index in [1.165, 1.54) is 18.2 Å². The van der Waals surface area contributed by atoms with Gasteiger partial charge in [-0.25, -0.2) is 12.8 Å². The van der Waals surface area contributed by atoms with Crippen LogP contribution in [0.3, 0.4) is 0 Å². The number of anilines is 1. The molecule has 2 rings (SSSR count). The molecule has 1 aromatic heterocycles. The summed E-state index contributed by atoms with van der Waals surface area (Å²) in [4.78, 5) is 11.8. The van der Waals surface area contributed by atoms with Crippen molar-refractivity contribution in [2.24, 2.45) is 0 Å². The quantitative estimate of drug-likeness (QED) is 0.872. The Balaban J connectivity index is 1.94. The molecule has 8 heteroatoms. The summed E-state index contributed by atoms with van der Waals surface area (Å²) in [5.41, 5.74) is 1.06. The van der Waals surface area contributed by atoms with Crippen LogP contribution in [0.15, 0.2) is 28.8 Å². The first-order valence-electron chi connectivity index (χ1n) is 6.95. The number of nitrogens with one attached hydrogen (secondary N) is 1. The second-order valence-corrected chi connectivity index (χ2v) is 7.36. The molecule has 1 N–H and O–H groups in total. The average molecular weight is 340 g/mol. The minimum Gasteiger partial charge on any atom is -0.361 e. The molecule has 0 radical (unpaired) electrons. The summed E-state index contributed by atoms with van der Waals surface area (Å²) in [6.45, 7) is 3.29. The van der Waals surface area contributed by atoms with Crippen molar-refractivity contribution < 1.29 is 22.1 Å². The van der Waals surface area contributed by atoms with E-state index >= 15 is 0 Å². The van der Waals surface area contributed by atoms with E-state index in [9.17, 15) is 17.6 Å². The number of carbonyl (C=O) groups excluding carboxylic acids is 1. The Labute approximate surface area is 133 Å². The maximum Gasteiger partial charge on any atom is 0.225 e. The zero-order valence-electron chi connectivity index (χ0n) is 12.8. The third-order valence-electron chi connectivity index (χ3n) is 3.33. The number of hydrogen-bond donors (Lipinski definition) is 1. The highest BCUT2D eigenvalue weighted by atomic mass is 32.2. The third-order valence-corrected chi connectivity index (χ3v) is 4.89. The average Bonchev–Trinajstić information content (AvgIpc) is 2.79. The number of rotatable bonds is 6. The summed E-state index contributed by atoms with van der Waals surface area (Å²) in [6, 6.07) is 5.70. The molecule has 0 spiro atoms. The fourth-order valence-corrected chi connectivity index (χ4v) is 3.52. The lowest BCUT2D eigenvalue weighted by atomic mass is 10.2. The molecule has 0 atom stereocenters. The maximum atomic E-state index is 13.4. The lowest BCUT2D eigenvalue weighted by Gasteiger charge is -2.07. The number of carbonyl (C=O) groups is 1. The molecule has 0 bridgehead atoms. The van der Waals surface area contributed by atoms with Crippen LogP contribution in [0.25, 0.3) is 0 Å². The minimum absolute atomic E-state index is 0.0284. The predicted molar refractivity (Wildman–Crippen MR) is 83.1 cm³/mol. The van der Waals surface area contributed by atoms with E-state index in [1.807, 2.05) is 0 Å². The van der Waals surface area contributed by atoms with Gasteiger partial charge in [0.05, 0.1) is 22.9 Å². The molecule has 0 aliphatic carbocycles. The van der Waals surface area contributed by atoms with Gasteiger partial charge < -0.3 is 9.84 Å². The largest absolute Gasteiger partial charge is 0.361 e. The molecule has 0 aliphatic rings. The molecule has 0 unspecified atom stereocenters. The van der Waals surface area contributed by atoms with Crippen molar-refractivity contribution in [3.05, 3.63) is 47.1 Å². The first-order valence-corrected chi connectivity index (χ1v) is 8.77. The highest BCUT2D eigenvalue weighted by Crippen LogP contribution is 2.17. The van der Waals surface area contributed by atoms with E-state index in [4.69, 9.17) is 4.52 Å². The Hall–Kier alpha value is -2.22. The Bertz CT molecular complexity index is 795. The van der Waals surface area contributed by atoms with Gasteiger partial charge in [-0.3, -0.25) is 4.79 Å². The fourth-order valence-electron chi connectivity index (χ4n) is 2.02. The summed E-state index contributed by atoms with van der Waals surface area (Å²) >= 11 is 0. The minimum atomic E-state index is -3.50. The number of hydrogen-bond acceptors (Lipinski definition) is 5. The van der Waals surface area contributed by atoms with Gasteiger partial charge in [-0.05, 0) is 26.0 Å². The highest BCUT2D eigenvalue weighted by Gasteiger charge is 2.20. The summed E-state index contributed by atoms with van der Waals surface area (Å²) < 4.78 is 42.5. The smallest absolute Gasteiger partial charge is 0.225 e. The molecule has 0 saturated carbocycles. The third kappa shape index (κ3) is 4.62. The van der Waals surface area contributed by atoms with Crippen molar-refractivity contribution in [2.45, 2.75) is 26.0 Å². The van der Waals surface area contributed by atoms with Crippen molar-refractivity contribution in [1.29, 1.82) is 0 Å². The zero-order chi connectivity index (χ0) is 17.0. The van der Waals surface area contributed by atoms with Crippen LogP contribution in [-0.4, -0.2) is 25.2 Å². The summed E-state index contributed by atoms with van der Waals surface area (Å²) in [7, 11) is -3.50. The summed E-state index contributed by atoms with van der Waals surface area (Å²) in [5.74, 6) is -1.25. The van der Waals surface area contributed by atoms with E-state index < -0.39 is 21.6 Å². The maximum absolute atomic E-state index is 13.4. The van der Waals surface area contributed by atoms with Gasteiger partial charge in [-0.15, -0.1) is 0 Å². The number of benzene rings is 1. The molecule has 124 valence electrons. The fraction of sp³-hybridized carbons (Fsp3) is 0.333. The second-order valence-electron chi connectivity index (χ2n) is 5.17. The van der Waals surface area contributed by atoms with Gasteiger partial charge >= 0.3 is 0 Å². The van der Waals surface area contributed by atoms with E-state index in [0.29, 0.717) is 17.0 Å². The molecule has 23 heavy (non-hydrogen) atoms. The van der Waals surface area contributed by atoms with E-state index in [1.54, 1.807) is 19.9 Å². The van der Waals surface area contributed by atoms with Gasteiger partial charge in [-0.2, -0.15) is 0 Å². The molecular formula is C15H17FN2O4S. The zero-order valence-corrected chi connectivity index (χ0v) is 13.6. The molecule has 1 heterocycles. The van der Waals surface area contributed by atoms with Crippen molar-refractivity contribution >= 4 is 21.4 Å². The van der Waals surface area contributed by atoms with Crippen LogP contribution in [0, 0.1) is 19.7 Å². The Morgan fingerprint density at radius 2 is 2.00 bits per heavy atom. The number of nitrogens with zero attached hydrogens (tertiary/aromatic N) is 1. The van der Waals surface area contributed by atoms with E-state index in [0.717, 1.165) is 0 Å². The molecule has 1 aromatic carbocycles. The summed E-state index contributed by atoms with van der Waals surface area (Å²) in [6.07, 6.45) is -0.250. The van der Waals surface area contributed by atoms with Crippen molar-refractivity contribution in [1.82, 2.24) is 5.16 Å². The van der Waals surface area contributed by atoms with Gasteiger partial charge in [0.1, 0.15) is 11.6 Å². The number of amides is 1. The van der Waals surface area contributed by atoms with Crippen LogP contribution in [0.1, 0.15) is 23.4 Å². The molecule has 0 aliphatic heterocycles.